The van der Waals surface area contributed by atoms with Crippen molar-refractivity contribution in [2.24, 2.45) is 11.8 Å². The second kappa shape index (κ2) is 13.8. The zero-order valence-electron chi connectivity index (χ0n) is 24.7. The number of amides is 2. The average molecular weight is 569 g/mol. The third-order valence-corrected chi connectivity index (χ3v) is 7.87. The number of hydrogen-bond donors (Lipinski definition) is 3. The Bertz CT molecular complexity index is 1040. The Morgan fingerprint density at radius 2 is 1.33 bits per heavy atom. The van der Waals surface area contributed by atoms with Crippen LogP contribution in [0.15, 0.2) is 35.2 Å². The van der Waals surface area contributed by atoms with Gasteiger partial charge in [-0.05, 0) is 84.9 Å². The van der Waals surface area contributed by atoms with Crippen molar-refractivity contribution in [3.63, 3.8) is 0 Å². The van der Waals surface area contributed by atoms with E-state index in [-0.39, 0.29) is 35.5 Å². The number of nitrogens with zero attached hydrogens (tertiary/aromatic N) is 1. The van der Waals surface area contributed by atoms with Crippen LogP contribution in [0, 0.1) is 11.8 Å². The second-order valence-electron chi connectivity index (χ2n) is 12.7. The first-order chi connectivity index (χ1) is 17.9. The number of alkyl carbamates (subject to hydrolysis) is 2. The highest BCUT2D eigenvalue weighted by atomic mass is 32.2. The number of sulfonamides is 1. The molecule has 39 heavy (non-hydrogen) atoms. The topological polar surface area (TPSA) is 126 Å². The van der Waals surface area contributed by atoms with E-state index in [1.165, 1.54) is 4.31 Å². The molecule has 10 nitrogen and oxygen atoms in total. The molecule has 2 amide bonds. The van der Waals surface area contributed by atoms with Crippen LogP contribution in [0.25, 0.3) is 0 Å². The van der Waals surface area contributed by atoms with Crippen LogP contribution in [0.3, 0.4) is 0 Å². The summed E-state index contributed by atoms with van der Waals surface area (Å²) in [5.74, 6) is 0.760. The molecule has 0 saturated carbocycles. The first-order valence-corrected chi connectivity index (χ1v) is 15.1. The van der Waals surface area contributed by atoms with Crippen LogP contribution in [0.1, 0.15) is 68.2 Å². The van der Waals surface area contributed by atoms with E-state index in [2.05, 4.69) is 22.9 Å². The van der Waals surface area contributed by atoms with Crippen LogP contribution in [0.2, 0.25) is 0 Å². The number of nitrogens with one attached hydrogen (secondary N) is 3. The highest BCUT2D eigenvalue weighted by Crippen LogP contribution is 2.24. The van der Waals surface area contributed by atoms with E-state index in [0.717, 1.165) is 25.9 Å². The number of ether oxygens (including phenoxy) is 2. The molecule has 0 aliphatic carbocycles. The summed E-state index contributed by atoms with van der Waals surface area (Å²) in [4.78, 5) is 23.7. The molecule has 11 heteroatoms. The Kier molecular flexibility index (Phi) is 11.6. The molecular weight excluding hydrogens is 520 g/mol. The van der Waals surface area contributed by atoms with Gasteiger partial charge in [-0.3, -0.25) is 0 Å². The molecule has 3 rings (SSSR count). The molecule has 0 bridgehead atoms. The molecular formula is C28H48N4O6S. The number of hydrogen-bond acceptors (Lipinski definition) is 7. The molecule has 1 aromatic rings. The van der Waals surface area contributed by atoms with Crippen LogP contribution < -0.4 is 16.0 Å². The molecule has 0 unspecified atom stereocenters. The van der Waals surface area contributed by atoms with Crippen LogP contribution in [-0.2, 0) is 19.5 Å². The van der Waals surface area contributed by atoms with Crippen molar-refractivity contribution >= 4 is 22.2 Å². The van der Waals surface area contributed by atoms with Gasteiger partial charge in [0.2, 0.25) is 10.0 Å². The average Bonchev–Trinajstić information content (AvgIpc) is 2.77. The summed E-state index contributed by atoms with van der Waals surface area (Å²) in [6, 6.07) is 8.30. The predicted molar refractivity (Wildman–Crippen MR) is 152 cm³/mol. The molecule has 2 fully saturated rings. The van der Waals surface area contributed by atoms with E-state index in [1.54, 1.807) is 51.1 Å². The minimum absolute atomic E-state index is 0.150. The number of carbonyl (C=O) groups excluding carboxylic acids is 2. The maximum absolute atomic E-state index is 12.8. The first-order valence-electron chi connectivity index (χ1n) is 13.7. The smallest absolute Gasteiger partial charge is 0.407 e. The van der Waals surface area contributed by atoms with Crippen LogP contribution in [0.5, 0.6) is 0 Å². The number of carbonyl (C=O) groups is 2. The van der Waals surface area contributed by atoms with Crippen LogP contribution in [-0.4, -0.2) is 74.4 Å². The van der Waals surface area contributed by atoms with Crippen molar-refractivity contribution in [3.8, 4) is 0 Å². The molecule has 2 aliphatic rings. The fraction of sp³-hybridized carbons (Fsp3) is 0.714. The minimum Gasteiger partial charge on any atom is -0.444 e. The third kappa shape index (κ3) is 12.1. The largest absolute Gasteiger partial charge is 0.444 e. The van der Waals surface area contributed by atoms with Gasteiger partial charge in [0.25, 0.3) is 0 Å². The zero-order valence-corrected chi connectivity index (χ0v) is 25.6. The lowest BCUT2D eigenvalue weighted by Crippen LogP contribution is -2.52. The summed E-state index contributed by atoms with van der Waals surface area (Å²) < 4.78 is 37.5. The SMILES string of the molecule is C[C@@H]1CNC[C@H](NC(=O)OC(C)(C)C)C1.C[C@H]1C[C@@H](NC(=O)OC(C)(C)C)CN(S(=O)(=O)c2ccccc2)C1. The van der Waals surface area contributed by atoms with Gasteiger partial charge in [-0.15, -0.1) is 0 Å². The fourth-order valence-electron chi connectivity index (χ4n) is 4.56. The Hall–Kier alpha value is -2.37. The van der Waals surface area contributed by atoms with E-state index in [0.29, 0.717) is 12.5 Å². The Balaban J connectivity index is 0.000000306. The summed E-state index contributed by atoms with van der Waals surface area (Å²) in [6.45, 7) is 17.7. The standard InChI is InChI=1S/C17H26N2O4S.C11H22N2O2/c1-13-10-14(18-16(20)23-17(2,3)4)12-19(11-13)24(21,22)15-8-6-5-7-9-15;1-8-5-9(7-12-6-8)13-10(14)15-11(2,3)4/h5-9,13-14H,10-12H2,1-4H3,(H,18,20);8-9,12H,5-7H2,1-4H3,(H,13,14)/t13-,14+;8-,9+/m00/s1. The van der Waals surface area contributed by atoms with E-state index < -0.39 is 27.3 Å². The summed E-state index contributed by atoms with van der Waals surface area (Å²) >= 11 is 0. The van der Waals surface area contributed by atoms with Crippen molar-refractivity contribution in [2.75, 3.05) is 26.2 Å². The molecule has 222 valence electrons. The maximum atomic E-state index is 12.8. The molecule has 2 aliphatic heterocycles. The maximum Gasteiger partial charge on any atom is 0.407 e. The van der Waals surface area contributed by atoms with Crippen molar-refractivity contribution in [3.05, 3.63) is 30.3 Å². The highest BCUT2D eigenvalue weighted by molar-refractivity contribution is 7.89. The first kappa shape index (κ1) is 32.8. The lowest BCUT2D eigenvalue weighted by Gasteiger charge is -2.36. The van der Waals surface area contributed by atoms with Crippen LogP contribution >= 0.6 is 0 Å². The molecule has 2 saturated heterocycles. The van der Waals surface area contributed by atoms with Gasteiger partial charge >= 0.3 is 12.2 Å². The number of piperidine rings is 2. The quantitative estimate of drug-likeness (QED) is 0.499. The van der Waals surface area contributed by atoms with Gasteiger partial charge in [-0.1, -0.05) is 32.0 Å². The molecule has 0 radical (unpaired) electrons. The molecule has 0 aromatic heterocycles. The highest BCUT2D eigenvalue weighted by Gasteiger charge is 2.34. The molecule has 0 spiro atoms. The third-order valence-electron chi connectivity index (χ3n) is 6.02. The zero-order chi connectivity index (χ0) is 29.4. The van der Waals surface area contributed by atoms with Gasteiger partial charge < -0.3 is 25.4 Å². The number of rotatable bonds is 4. The Morgan fingerprint density at radius 3 is 1.85 bits per heavy atom. The summed E-state index contributed by atoms with van der Waals surface area (Å²) in [5.41, 5.74) is -1.00. The number of benzene rings is 1. The van der Waals surface area contributed by atoms with E-state index >= 15 is 0 Å². The monoisotopic (exact) mass is 568 g/mol. The van der Waals surface area contributed by atoms with Crippen molar-refractivity contribution in [1.82, 2.24) is 20.3 Å². The van der Waals surface area contributed by atoms with Gasteiger partial charge in [0.1, 0.15) is 11.2 Å². The molecule has 3 N–H and O–H groups in total. The Labute approximate surface area is 234 Å². The predicted octanol–water partition coefficient (Wildman–Crippen LogP) is 4.12. The van der Waals surface area contributed by atoms with Gasteiger partial charge in [-0.25, -0.2) is 18.0 Å². The van der Waals surface area contributed by atoms with E-state index in [1.807, 2.05) is 27.7 Å². The van der Waals surface area contributed by atoms with E-state index in [9.17, 15) is 18.0 Å². The van der Waals surface area contributed by atoms with Gasteiger partial charge in [0, 0.05) is 31.7 Å². The molecule has 1 aromatic carbocycles. The summed E-state index contributed by atoms with van der Waals surface area (Å²) in [5, 5.41) is 8.96. The summed E-state index contributed by atoms with van der Waals surface area (Å²) in [7, 11) is -3.56. The summed E-state index contributed by atoms with van der Waals surface area (Å²) in [6.07, 6.45) is 0.911. The van der Waals surface area contributed by atoms with E-state index in [4.69, 9.17) is 9.47 Å². The van der Waals surface area contributed by atoms with Crippen LogP contribution in [0.4, 0.5) is 9.59 Å². The molecule has 4 atom stereocenters. The lowest BCUT2D eigenvalue weighted by atomic mass is 9.98. The van der Waals surface area contributed by atoms with Crippen molar-refractivity contribution in [2.45, 2.75) is 96.4 Å². The van der Waals surface area contributed by atoms with Gasteiger partial charge in [-0.2, -0.15) is 4.31 Å². The normalized spacial score (nSPS) is 24.5. The molecule has 2 heterocycles. The van der Waals surface area contributed by atoms with Gasteiger partial charge in [0.05, 0.1) is 4.90 Å². The minimum atomic E-state index is -3.56. The van der Waals surface area contributed by atoms with Crippen molar-refractivity contribution in [1.29, 1.82) is 0 Å². The second-order valence-corrected chi connectivity index (χ2v) is 14.6. The Morgan fingerprint density at radius 1 is 0.821 bits per heavy atom. The van der Waals surface area contributed by atoms with Gasteiger partial charge in [0.15, 0.2) is 0 Å². The fourth-order valence-corrected chi connectivity index (χ4v) is 6.19. The lowest BCUT2D eigenvalue weighted by molar-refractivity contribution is 0.0470. The van der Waals surface area contributed by atoms with Crippen molar-refractivity contribution < 1.29 is 27.5 Å².